The second-order valence-electron chi connectivity index (χ2n) is 5.19. The average molecular weight is 334 g/mol. The summed E-state index contributed by atoms with van der Waals surface area (Å²) in [6.07, 6.45) is 6.10. The highest BCUT2D eigenvalue weighted by atomic mass is 32.2. The lowest BCUT2D eigenvalue weighted by Gasteiger charge is -2.05. The van der Waals surface area contributed by atoms with Crippen molar-refractivity contribution in [1.82, 2.24) is 0 Å². The van der Waals surface area contributed by atoms with Gasteiger partial charge in [-0.05, 0) is 30.7 Å². The molecule has 0 aliphatic heterocycles. The minimum absolute atomic E-state index is 0.0235. The Morgan fingerprint density at radius 1 is 1.04 bits per heavy atom. The molecule has 0 spiro atoms. The number of anilines is 1. The van der Waals surface area contributed by atoms with Crippen LogP contribution in [0, 0.1) is 0 Å². The number of rotatable bonds is 7. The summed E-state index contributed by atoms with van der Waals surface area (Å²) in [7, 11) is -3.71. The molecule has 23 heavy (non-hydrogen) atoms. The Bertz CT molecular complexity index is 744. The van der Waals surface area contributed by atoms with Crippen molar-refractivity contribution in [2.45, 2.75) is 30.7 Å². The summed E-state index contributed by atoms with van der Waals surface area (Å²) in [5, 5.41) is 7.76. The Hall–Kier alpha value is -2.25. The van der Waals surface area contributed by atoms with Gasteiger partial charge in [-0.3, -0.25) is 4.79 Å². The van der Waals surface area contributed by atoms with Crippen LogP contribution in [0.5, 0.6) is 0 Å². The third kappa shape index (κ3) is 5.80. The summed E-state index contributed by atoms with van der Waals surface area (Å²) in [5.74, 6) is -0.0913. The zero-order valence-corrected chi connectivity index (χ0v) is 13.5. The van der Waals surface area contributed by atoms with E-state index in [2.05, 4.69) is 9.88 Å². The van der Waals surface area contributed by atoms with Gasteiger partial charge in [0.15, 0.2) is 12.4 Å². The van der Waals surface area contributed by atoms with Gasteiger partial charge in [0.2, 0.25) is 15.9 Å². The SMILES string of the molecule is NS(=O)(=O)c1ccc(NC(=O)CCCC[n+]2ccccc2)cc1. The number of aromatic nitrogens is 1. The molecule has 0 saturated carbocycles. The molecule has 0 fully saturated rings. The van der Waals surface area contributed by atoms with E-state index in [1.54, 1.807) is 0 Å². The molecule has 0 radical (unpaired) electrons. The predicted molar refractivity (Wildman–Crippen MR) is 86.9 cm³/mol. The fourth-order valence-corrected chi connectivity index (χ4v) is 2.63. The zero-order valence-electron chi connectivity index (χ0n) is 12.7. The minimum atomic E-state index is -3.71. The number of benzene rings is 1. The molecule has 0 aliphatic rings. The first-order valence-corrected chi connectivity index (χ1v) is 8.86. The third-order valence-corrected chi connectivity index (χ3v) is 4.24. The number of nitrogens with one attached hydrogen (secondary N) is 1. The number of pyridine rings is 1. The first kappa shape index (κ1) is 17.1. The molecule has 0 unspecified atom stereocenters. The molecule has 1 amide bonds. The number of amides is 1. The number of hydrogen-bond donors (Lipinski definition) is 2. The largest absolute Gasteiger partial charge is 0.326 e. The van der Waals surface area contributed by atoms with E-state index in [4.69, 9.17) is 5.14 Å². The number of aryl methyl sites for hydroxylation is 1. The summed E-state index contributed by atoms with van der Waals surface area (Å²) in [4.78, 5) is 11.9. The lowest BCUT2D eigenvalue weighted by molar-refractivity contribution is -0.697. The summed E-state index contributed by atoms with van der Waals surface area (Å²) in [5.41, 5.74) is 0.555. The molecule has 122 valence electrons. The van der Waals surface area contributed by atoms with Crippen molar-refractivity contribution in [3.05, 3.63) is 54.9 Å². The fraction of sp³-hybridized carbons (Fsp3) is 0.250. The van der Waals surface area contributed by atoms with Gasteiger partial charge in [-0.2, -0.15) is 0 Å². The normalized spacial score (nSPS) is 11.2. The molecule has 3 N–H and O–H groups in total. The molecule has 0 bridgehead atoms. The minimum Gasteiger partial charge on any atom is -0.326 e. The quantitative estimate of drug-likeness (QED) is 0.592. The molecule has 0 atom stereocenters. The van der Waals surface area contributed by atoms with Crippen molar-refractivity contribution >= 4 is 21.6 Å². The molecular formula is C16H20N3O3S+. The van der Waals surface area contributed by atoms with Crippen LogP contribution in [0.2, 0.25) is 0 Å². The summed E-state index contributed by atoms with van der Waals surface area (Å²) >= 11 is 0. The number of carbonyl (C=O) groups excluding carboxylic acids is 1. The highest BCUT2D eigenvalue weighted by Gasteiger charge is 2.08. The van der Waals surface area contributed by atoms with Crippen molar-refractivity contribution in [3.63, 3.8) is 0 Å². The number of hydrogen-bond acceptors (Lipinski definition) is 3. The molecule has 2 rings (SSSR count). The lowest BCUT2D eigenvalue weighted by Crippen LogP contribution is -2.32. The van der Waals surface area contributed by atoms with Crippen molar-refractivity contribution in [3.8, 4) is 0 Å². The average Bonchev–Trinajstić information content (AvgIpc) is 2.52. The number of primary sulfonamides is 1. The van der Waals surface area contributed by atoms with Crippen LogP contribution in [0.4, 0.5) is 5.69 Å². The van der Waals surface area contributed by atoms with Gasteiger partial charge in [0.05, 0.1) is 4.90 Å². The van der Waals surface area contributed by atoms with E-state index >= 15 is 0 Å². The predicted octanol–water partition coefficient (Wildman–Crippen LogP) is 1.43. The van der Waals surface area contributed by atoms with Crippen LogP contribution in [0.15, 0.2) is 59.8 Å². The van der Waals surface area contributed by atoms with Crippen molar-refractivity contribution in [2.75, 3.05) is 5.32 Å². The molecular weight excluding hydrogens is 314 g/mol. The van der Waals surface area contributed by atoms with E-state index in [0.717, 1.165) is 19.4 Å². The van der Waals surface area contributed by atoms with Gasteiger partial charge in [0.1, 0.15) is 6.54 Å². The standard InChI is InChI=1S/C16H19N3O3S/c17-23(21,22)15-9-7-14(8-10-15)18-16(20)6-2-5-13-19-11-3-1-4-12-19/h1,3-4,7-12H,2,5-6,13H2,(H2-,17,18,20,21,22)/p+1. The summed E-state index contributed by atoms with van der Waals surface area (Å²) in [6.45, 7) is 0.872. The topological polar surface area (TPSA) is 93.1 Å². The number of unbranched alkanes of at least 4 members (excludes halogenated alkanes) is 1. The summed E-state index contributed by atoms with van der Waals surface area (Å²) < 4.78 is 24.4. The van der Waals surface area contributed by atoms with Gasteiger partial charge >= 0.3 is 0 Å². The number of nitrogens with two attached hydrogens (primary N) is 1. The molecule has 7 heteroatoms. The van der Waals surface area contributed by atoms with Crippen molar-refractivity contribution in [2.24, 2.45) is 5.14 Å². The van der Waals surface area contributed by atoms with Gasteiger partial charge < -0.3 is 5.32 Å². The highest BCUT2D eigenvalue weighted by molar-refractivity contribution is 7.89. The van der Waals surface area contributed by atoms with Gasteiger partial charge in [0.25, 0.3) is 0 Å². The Morgan fingerprint density at radius 3 is 2.30 bits per heavy atom. The molecule has 1 heterocycles. The number of nitrogens with zero attached hydrogens (tertiary/aromatic N) is 1. The second kappa shape index (κ2) is 7.85. The maximum absolute atomic E-state index is 11.8. The smallest absolute Gasteiger partial charge is 0.238 e. The van der Waals surface area contributed by atoms with E-state index in [9.17, 15) is 13.2 Å². The Balaban J connectivity index is 1.74. The van der Waals surface area contributed by atoms with Gasteiger partial charge in [-0.25, -0.2) is 18.1 Å². The Labute approximate surface area is 136 Å². The number of sulfonamides is 1. The first-order chi connectivity index (χ1) is 10.9. The van der Waals surface area contributed by atoms with Crippen LogP contribution in [-0.4, -0.2) is 14.3 Å². The Kier molecular flexibility index (Phi) is 5.84. The van der Waals surface area contributed by atoms with Crippen LogP contribution in [0.25, 0.3) is 0 Å². The lowest BCUT2D eigenvalue weighted by atomic mass is 10.2. The second-order valence-corrected chi connectivity index (χ2v) is 6.75. The maximum atomic E-state index is 11.8. The van der Waals surface area contributed by atoms with Crippen molar-refractivity contribution < 1.29 is 17.8 Å². The van der Waals surface area contributed by atoms with Crippen molar-refractivity contribution in [1.29, 1.82) is 0 Å². The van der Waals surface area contributed by atoms with Crippen LogP contribution in [0.3, 0.4) is 0 Å². The summed E-state index contributed by atoms with van der Waals surface area (Å²) in [6, 6.07) is 11.7. The number of carbonyl (C=O) groups is 1. The first-order valence-electron chi connectivity index (χ1n) is 7.32. The molecule has 0 saturated heterocycles. The molecule has 2 aromatic rings. The van der Waals surface area contributed by atoms with E-state index in [1.807, 2.05) is 30.6 Å². The van der Waals surface area contributed by atoms with E-state index in [0.29, 0.717) is 12.1 Å². The van der Waals surface area contributed by atoms with E-state index in [1.165, 1.54) is 24.3 Å². The maximum Gasteiger partial charge on any atom is 0.238 e. The van der Waals surface area contributed by atoms with Crippen LogP contribution < -0.4 is 15.0 Å². The molecule has 1 aromatic heterocycles. The third-order valence-electron chi connectivity index (χ3n) is 3.31. The van der Waals surface area contributed by atoms with Crippen LogP contribution in [0.1, 0.15) is 19.3 Å². The van der Waals surface area contributed by atoms with Gasteiger partial charge in [-0.15, -0.1) is 0 Å². The fourth-order valence-electron chi connectivity index (χ4n) is 2.11. The monoisotopic (exact) mass is 334 g/mol. The molecule has 1 aromatic carbocycles. The van der Waals surface area contributed by atoms with Gasteiger partial charge in [0, 0.05) is 30.7 Å². The van der Waals surface area contributed by atoms with Crippen LogP contribution in [-0.2, 0) is 21.4 Å². The van der Waals surface area contributed by atoms with E-state index in [-0.39, 0.29) is 10.8 Å². The molecule has 0 aliphatic carbocycles. The highest BCUT2D eigenvalue weighted by Crippen LogP contribution is 2.13. The Morgan fingerprint density at radius 2 is 1.70 bits per heavy atom. The van der Waals surface area contributed by atoms with E-state index < -0.39 is 10.0 Å². The molecule has 6 nitrogen and oxygen atoms in total. The van der Waals surface area contributed by atoms with Crippen LogP contribution >= 0.6 is 0 Å². The zero-order chi connectivity index (χ0) is 16.7. The van der Waals surface area contributed by atoms with Gasteiger partial charge in [-0.1, -0.05) is 6.07 Å².